The van der Waals surface area contributed by atoms with Crippen LogP contribution in [-0.2, 0) is 104 Å². The molecule has 0 aliphatic carbocycles. The van der Waals surface area contributed by atoms with E-state index in [1.807, 2.05) is 84.9 Å². The zero-order valence-electron chi connectivity index (χ0n) is 76.9. The van der Waals surface area contributed by atoms with Crippen LogP contribution in [0.25, 0.3) is 0 Å². The van der Waals surface area contributed by atoms with Crippen LogP contribution in [0, 0.1) is 35.5 Å². The van der Waals surface area contributed by atoms with Gasteiger partial charge in [0.05, 0.1) is 142 Å². The highest BCUT2D eigenvalue weighted by Gasteiger charge is 2.48. The van der Waals surface area contributed by atoms with Crippen LogP contribution in [0.2, 0.25) is 0 Å². The lowest BCUT2D eigenvalue weighted by Crippen LogP contribution is -2.58. The third-order valence-electron chi connectivity index (χ3n) is 26.5. The summed E-state index contributed by atoms with van der Waals surface area (Å²) in [4.78, 5) is 41.9. The molecule has 4 saturated heterocycles. The first-order valence-electron chi connectivity index (χ1n) is 45.2. The van der Waals surface area contributed by atoms with Crippen molar-refractivity contribution in [2.75, 3.05) is 76.7 Å². The van der Waals surface area contributed by atoms with Gasteiger partial charge in [0.2, 0.25) is 0 Å². The van der Waals surface area contributed by atoms with E-state index in [-0.39, 0.29) is 113 Å². The zero-order valence-corrected chi connectivity index (χ0v) is 76.9. The number of carbonyl (C=O) groups excluding carboxylic acids is 3. The van der Waals surface area contributed by atoms with Gasteiger partial charge in [0.15, 0.2) is 24.8 Å². The molecule has 7 aliphatic heterocycles. The third-order valence-corrected chi connectivity index (χ3v) is 26.5. The summed E-state index contributed by atoms with van der Waals surface area (Å²) in [5, 5.41) is 105. The van der Waals surface area contributed by atoms with Crippen molar-refractivity contribution in [3.8, 4) is 0 Å². The quantitative estimate of drug-likeness (QED) is 0.0213. The predicted octanol–water partition coefficient (Wildman–Crippen LogP) is 8.06. The van der Waals surface area contributed by atoms with Crippen molar-refractivity contribution >= 4 is 17.9 Å². The second-order valence-electron chi connectivity index (χ2n) is 36.1. The fourth-order valence-electron chi connectivity index (χ4n) is 18.4. The number of cyclic esters (lactones) is 2. The number of esters is 3. The Balaban J connectivity index is 1.21. The Morgan fingerprint density at radius 3 is 1.27 bits per heavy atom. The van der Waals surface area contributed by atoms with Gasteiger partial charge in [-0.1, -0.05) is 101 Å². The molecule has 0 aromatic carbocycles. The molecule has 37 unspecified atom stereocenters. The maximum absolute atomic E-state index is 14.4. The first kappa shape index (κ1) is 107. The van der Waals surface area contributed by atoms with Crippen molar-refractivity contribution in [2.45, 2.75) is 387 Å². The molecule has 4 fully saturated rings. The fourth-order valence-corrected chi connectivity index (χ4v) is 18.4. The Morgan fingerprint density at radius 1 is 0.460 bits per heavy atom. The van der Waals surface area contributed by atoms with Crippen molar-refractivity contribution in [2.24, 2.45) is 35.5 Å². The maximum atomic E-state index is 14.4. The van der Waals surface area contributed by atoms with Gasteiger partial charge in [-0.25, -0.2) is 14.4 Å². The summed E-state index contributed by atoms with van der Waals surface area (Å²) in [6.45, 7) is 17.8. The van der Waals surface area contributed by atoms with Crippen molar-refractivity contribution in [3.63, 3.8) is 0 Å². The number of hydrogen-bond donors (Lipinski definition) is 9. The molecule has 31 nitrogen and oxygen atoms in total. The van der Waals surface area contributed by atoms with Gasteiger partial charge in [-0.05, 0) is 129 Å². The van der Waals surface area contributed by atoms with Crippen LogP contribution in [0.15, 0.2) is 71.9 Å². The maximum Gasteiger partial charge on any atom is 0.337 e. The van der Waals surface area contributed by atoms with E-state index in [1.165, 1.54) is 47.7 Å². The van der Waals surface area contributed by atoms with Gasteiger partial charge in [-0.15, -0.1) is 0 Å². The van der Waals surface area contributed by atoms with Crippen LogP contribution in [0.3, 0.4) is 0 Å². The van der Waals surface area contributed by atoms with Crippen LogP contribution in [-0.4, -0.2) is 330 Å². The number of aliphatic hydroxyl groups excluding tert-OH is 9. The molecule has 124 heavy (non-hydrogen) atoms. The summed E-state index contributed by atoms with van der Waals surface area (Å²) in [5.74, 6) is -5.84. The number of allylic oxidation sites excluding steroid dienone is 4. The minimum atomic E-state index is -1.89. The highest BCUT2D eigenvalue weighted by atomic mass is 16.7. The third kappa shape index (κ3) is 33.9. The average Bonchev–Trinajstić information content (AvgIpc) is 0.808. The molecule has 0 aromatic heterocycles. The number of rotatable bonds is 27. The molecular weight excluding hydrogens is 1610 g/mol. The normalized spacial score (nSPS) is 38.9. The molecule has 0 spiro atoms. The smallest absolute Gasteiger partial charge is 0.337 e. The Morgan fingerprint density at radius 2 is 0.871 bits per heavy atom. The summed E-state index contributed by atoms with van der Waals surface area (Å²) in [5.41, 5.74) is 1.23. The molecule has 4 bridgehead atoms. The predicted molar refractivity (Wildman–Crippen MR) is 458 cm³/mol. The highest BCUT2D eigenvalue weighted by Crippen LogP contribution is 2.38. The Kier molecular flexibility index (Phi) is 47.1. The second-order valence-corrected chi connectivity index (χ2v) is 36.1. The Hall–Kier alpha value is -4.15. The van der Waals surface area contributed by atoms with Gasteiger partial charge in [0.1, 0.15) is 42.7 Å². The lowest BCUT2D eigenvalue weighted by molar-refractivity contribution is -0.296. The van der Waals surface area contributed by atoms with Gasteiger partial charge >= 0.3 is 17.9 Å². The van der Waals surface area contributed by atoms with Gasteiger partial charge in [0.25, 0.3) is 0 Å². The molecule has 0 radical (unpaired) electrons. The number of methoxy groups -OCH3 is 8. The van der Waals surface area contributed by atoms with Crippen LogP contribution < -0.4 is 0 Å². The molecule has 37 atom stereocenters. The summed E-state index contributed by atoms with van der Waals surface area (Å²) in [6, 6.07) is 0. The summed E-state index contributed by atoms with van der Waals surface area (Å²) in [6.07, 6.45) is 0.924. The number of ether oxygens (including phenoxy) is 19. The van der Waals surface area contributed by atoms with Crippen molar-refractivity contribution < 1.29 is 150 Å². The minimum absolute atomic E-state index is 0.000978. The monoisotopic (exact) mass is 1770 g/mol. The Bertz CT molecular complexity index is 3250. The van der Waals surface area contributed by atoms with Crippen molar-refractivity contribution in [1.29, 1.82) is 0 Å². The second kappa shape index (κ2) is 54.6. The largest absolute Gasteiger partial charge is 0.459 e. The van der Waals surface area contributed by atoms with E-state index in [1.54, 1.807) is 54.3 Å². The van der Waals surface area contributed by atoms with E-state index in [9.17, 15) is 60.3 Å². The van der Waals surface area contributed by atoms with E-state index in [4.69, 9.17) is 90.0 Å². The SMILES string of the molecule is COC1CC(C)OC(CCC(C)C(O)C(C)C2CC(O)CC(O)C(C)C(OC)CC3CC=CC(CC(OC4OCC(OC)C(OC)C4O)CC=C(C)C=CC(=O)OC(C(C)C(O)C(C)CCC4CC(OC)CC(C)O4)CC(O)CC(O)C(C)C(OC)CC4CC=CC(CC(OC5OCC(OC)C(OC)C5OC(=O)C(O)CO)CC=C(C)C=CC(=O)O2)O4)O3)C1. The molecule has 0 amide bonds. The molecule has 0 saturated carbocycles. The molecule has 0 aromatic rings. The summed E-state index contributed by atoms with van der Waals surface area (Å²) in [7, 11) is 12.3. The standard InChI is InChI=1S/C93H156O31/c1-52-25-31-70(120-92-87(104)88(112-17)81(110-15)50-114-92)43-64-21-19-23-66(118-64)47-77(108-13)58(7)74(97)39-62(95)42-80(61(10)86(103)55(4)30-34-69-46-73(107-12)38-57(6)117-69)123-84(101)36-28-53(2)26-32-71(121-93-90(124-91(105)76(99)49-94)89(113-18)82(111-16)51-115-93)44-65-22-20-24-67(119-65)48-78(109-14)59(8)75(98)40-63(96)41-79(122-83(100)35-27-52)60(9)85(102)54(3)29-33-68-45-72(106-11)37-56(5)116-68/h19-22,25-28,35-36,54-82,85-90,92-99,102-104H,23-24,29-34,37-51H2,1-18H3. The fraction of sp³-hybridized carbons (Fsp3) is 0.839. The summed E-state index contributed by atoms with van der Waals surface area (Å²) < 4.78 is 117. The lowest BCUT2D eigenvalue weighted by Gasteiger charge is -2.42. The van der Waals surface area contributed by atoms with Crippen LogP contribution in [0.1, 0.15) is 198 Å². The molecule has 7 heterocycles. The average molecular weight is 1770 g/mol. The number of fused-ring (bicyclic) bond motifs is 4. The number of hydrogen-bond acceptors (Lipinski definition) is 31. The van der Waals surface area contributed by atoms with Crippen LogP contribution >= 0.6 is 0 Å². The minimum Gasteiger partial charge on any atom is -0.459 e. The van der Waals surface area contributed by atoms with E-state index in [0.29, 0.717) is 68.9 Å². The lowest BCUT2D eigenvalue weighted by atomic mass is 9.83. The van der Waals surface area contributed by atoms with Gasteiger partial charge in [-0.3, -0.25) is 0 Å². The van der Waals surface area contributed by atoms with Crippen molar-refractivity contribution in [3.05, 3.63) is 71.9 Å². The molecule has 31 heteroatoms. The number of aliphatic hydroxyl groups is 9. The van der Waals surface area contributed by atoms with Crippen LogP contribution in [0.4, 0.5) is 0 Å². The first-order chi connectivity index (χ1) is 59.1. The topological polar surface area (TPSA) is 409 Å². The van der Waals surface area contributed by atoms with Crippen molar-refractivity contribution in [1.82, 2.24) is 0 Å². The Labute approximate surface area is 736 Å². The van der Waals surface area contributed by atoms with E-state index in [0.717, 1.165) is 19.3 Å². The van der Waals surface area contributed by atoms with E-state index >= 15 is 0 Å². The van der Waals surface area contributed by atoms with E-state index in [2.05, 4.69) is 0 Å². The molecule has 714 valence electrons. The van der Waals surface area contributed by atoms with Crippen LogP contribution in [0.5, 0.6) is 0 Å². The molecule has 7 rings (SSSR count). The van der Waals surface area contributed by atoms with Gasteiger partial charge in [-0.2, -0.15) is 0 Å². The molecule has 9 N–H and O–H groups in total. The molecule has 7 aliphatic rings. The highest BCUT2D eigenvalue weighted by molar-refractivity contribution is 5.83. The van der Waals surface area contributed by atoms with Gasteiger partial charge in [0, 0.05) is 131 Å². The number of carbonyl (C=O) groups is 3. The van der Waals surface area contributed by atoms with E-state index < -0.39 is 201 Å². The summed E-state index contributed by atoms with van der Waals surface area (Å²) >= 11 is 0. The first-order valence-corrected chi connectivity index (χ1v) is 45.2. The zero-order chi connectivity index (χ0) is 91.0. The molecular formula is C93H156O31. The van der Waals surface area contributed by atoms with Gasteiger partial charge < -0.3 is 136 Å².